The molecular weight excluding hydrogens is 262 g/mol. The molecule has 2 heterocycles. The Bertz CT molecular complexity index is 594. The molecule has 5 nitrogen and oxygen atoms in total. The zero-order valence-electron chi connectivity index (χ0n) is 13.2. The first-order chi connectivity index (χ1) is 10.2. The van der Waals surface area contributed by atoms with Crippen LogP contribution in [0.2, 0.25) is 0 Å². The number of nitrogens with one attached hydrogen (secondary N) is 1. The molecule has 1 fully saturated rings. The third kappa shape index (κ3) is 3.53. The molecule has 5 heteroatoms. The summed E-state index contributed by atoms with van der Waals surface area (Å²) in [7, 11) is 0. The average Bonchev–Trinajstić information content (AvgIpc) is 3.08. The molecular formula is C16H25N5. The molecule has 1 aliphatic carbocycles. The van der Waals surface area contributed by atoms with E-state index >= 15 is 0 Å². The van der Waals surface area contributed by atoms with Crippen molar-refractivity contribution >= 4 is 0 Å². The van der Waals surface area contributed by atoms with Gasteiger partial charge in [-0.25, -0.2) is 0 Å². The third-order valence-electron chi connectivity index (χ3n) is 4.24. The summed E-state index contributed by atoms with van der Waals surface area (Å²) in [5, 5.41) is 12.8. The highest BCUT2D eigenvalue weighted by molar-refractivity contribution is 5.16. The predicted octanol–water partition coefficient (Wildman–Crippen LogP) is 2.66. The van der Waals surface area contributed by atoms with Crippen molar-refractivity contribution in [2.75, 3.05) is 0 Å². The van der Waals surface area contributed by atoms with Gasteiger partial charge in [0.1, 0.15) is 0 Å². The van der Waals surface area contributed by atoms with Crippen molar-refractivity contribution in [3.05, 3.63) is 35.4 Å². The predicted molar refractivity (Wildman–Crippen MR) is 83.2 cm³/mol. The van der Waals surface area contributed by atoms with E-state index in [9.17, 15) is 0 Å². The van der Waals surface area contributed by atoms with Gasteiger partial charge in [-0.1, -0.05) is 6.92 Å². The van der Waals surface area contributed by atoms with Crippen LogP contribution in [0.4, 0.5) is 0 Å². The molecule has 1 saturated carbocycles. The highest BCUT2D eigenvalue weighted by atomic mass is 15.3. The number of aryl methyl sites for hydroxylation is 1. The van der Waals surface area contributed by atoms with Crippen LogP contribution in [0.1, 0.15) is 56.1 Å². The van der Waals surface area contributed by atoms with Crippen LogP contribution in [-0.4, -0.2) is 25.6 Å². The Hall–Kier alpha value is -1.62. The molecule has 1 N–H and O–H groups in total. The van der Waals surface area contributed by atoms with Crippen molar-refractivity contribution in [2.45, 2.75) is 65.2 Å². The first-order valence-electron chi connectivity index (χ1n) is 7.96. The van der Waals surface area contributed by atoms with Gasteiger partial charge in [-0.3, -0.25) is 9.36 Å². The third-order valence-corrected chi connectivity index (χ3v) is 4.24. The Kier molecular flexibility index (Phi) is 4.10. The minimum Gasteiger partial charge on any atom is -0.310 e. The fourth-order valence-corrected chi connectivity index (χ4v) is 2.42. The van der Waals surface area contributed by atoms with E-state index in [1.165, 1.54) is 18.4 Å². The first kappa shape index (κ1) is 14.3. The highest BCUT2D eigenvalue weighted by Crippen LogP contribution is 2.19. The van der Waals surface area contributed by atoms with Crippen molar-refractivity contribution < 1.29 is 0 Å². The fourth-order valence-electron chi connectivity index (χ4n) is 2.42. The maximum atomic E-state index is 4.64. The number of nitrogens with zero attached hydrogens (tertiary/aromatic N) is 4. The quantitative estimate of drug-likeness (QED) is 0.851. The van der Waals surface area contributed by atoms with Crippen LogP contribution < -0.4 is 5.32 Å². The van der Waals surface area contributed by atoms with Gasteiger partial charge in [0.2, 0.25) is 0 Å². The largest absolute Gasteiger partial charge is 0.310 e. The minimum absolute atomic E-state index is 0.455. The SMILES string of the molecule is CCC(C)n1ccc(Cn2cc(CNC3CC3)c(C)n2)n1. The van der Waals surface area contributed by atoms with Crippen LogP contribution in [0.25, 0.3) is 0 Å². The second-order valence-corrected chi connectivity index (χ2v) is 6.14. The summed E-state index contributed by atoms with van der Waals surface area (Å²) in [4.78, 5) is 0. The van der Waals surface area contributed by atoms with E-state index in [-0.39, 0.29) is 0 Å². The molecule has 114 valence electrons. The fraction of sp³-hybridized carbons (Fsp3) is 0.625. The van der Waals surface area contributed by atoms with Crippen LogP contribution in [-0.2, 0) is 13.1 Å². The molecule has 0 bridgehead atoms. The molecule has 21 heavy (non-hydrogen) atoms. The van der Waals surface area contributed by atoms with Crippen molar-refractivity contribution in [1.29, 1.82) is 0 Å². The van der Waals surface area contributed by atoms with Gasteiger partial charge in [-0.05, 0) is 39.2 Å². The molecule has 2 aromatic heterocycles. The van der Waals surface area contributed by atoms with Gasteiger partial charge in [0.05, 0.1) is 17.9 Å². The number of rotatable bonds is 7. The van der Waals surface area contributed by atoms with Gasteiger partial charge in [0.25, 0.3) is 0 Å². The maximum Gasteiger partial charge on any atom is 0.0850 e. The lowest BCUT2D eigenvalue weighted by atomic mass is 10.2. The van der Waals surface area contributed by atoms with E-state index in [1.807, 2.05) is 9.36 Å². The molecule has 1 atom stereocenters. The first-order valence-corrected chi connectivity index (χ1v) is 7.96. The second kappa shape index (κ2) is 6.02. The molecule has 0 spiro atoms. The monoisotopic (exact) mass is 287 g/mol. The molecule has 0 aliphatic heterocycles. The summed E-state index contributed by atoms with van der Waals surface area (Å²) < 4.78 is 4.05. The lowest BCUT2D eigenvalue weighted by molar-refractivity contribution is 0.471. The maximum absolute atomic E-state index is 4.64. The summed E-state index contributed by atoms with van der Waals surface area (Å²) in [5.41, 5.74) is 3.48. The van der Waals surface area contributed by atoms with E-state index in [4.69, 9.17) is 0 Å². The summed E-state index contributed by atoms with van der Waals surface area (Å²) in [6.45, 7) is 8.13. The Balaban J connectivity index is 1.63. The molecule has 0 saturated heterocycles. The second-order valence-electron chi connectivity index (χ2n) is 6.14. The van der Waals surface area contributed by atoms with Gasteiger partial charge >= 0.3 is 0 Å². The van der Waals surface area contributed by atoms with E-state index in [1.54, 1.807) is 0 Å². The zero-order chi connectivity index (χ0) is 14.8. The standard InChI is InChI=1S/C16H25N5/c1-4-12(2)21-8-7-16(19-21)11-20-10-14(13(3)18-20)9-17-15-5-6-15/h7-8,10,12,15,17H,4-6,9,11H2,1-3H3. The lowest BCUT2D eigenvalue weighted by Crippen LogP contribution is -2.15. The molecule has 2 aromatic rings. The minimum atomic E-state index is 0.455. The Morgan fingerprint density at radius 2 is 2.19 bits per heavy atom. The van der Waals surface area contributed by atoms with Crippen LogP contribution in [0.5, 0.6) is 0 Å². The van der Waals surface area contributed by atoms with E-state index in [0.717, 1.165) is 36.9 Å². The van der Waals surface area contributed by atoms with Gasteiger partial charge in [0, 0.05) is 36.6 Å². The van der Waals surface area contributed by atoms with Gasteiger partial charge in [0.15, 0.2) is 0 Å². The average molecular weight is 287 g/mol. The van der Waals surface area contributed by atoms with Gasteiger partial charge in [-0.2, -0.15) is 10.2 Å². The molecule has 1 aliphatic rings. The van der Waals surface area contributed by atoms with Crippen molar-refractivity contribution in [3.8, 4) is 0 Å². The lowest BCUT2D eigenvalue weighted by Gasteiger charge is -2.08. The van der Waals surface area contributed by atoms with E-state index in [2.05, 4.69) is 54.7 Å². The zero-order valence-corrected chi connectivity index (χ0v) is 13.2. The van der Waals surface area contributed by atoms with Crippen LogP contribution in [0.15, 0.2) is 18.5 Å². The number of hydrogen-bond donors (Lipinski definition) is 1. The number of aromatic nitrogens is 4. The summed E-state index contributed by atoms with van der Waals surface area (Å²) in [6, 6.07) is 3.28. The van der Waals surface area contributed by atoms with Crippen LogP contribution in [0.3, 0.4) is 0 Å². The van der Waals surface area contributed by atoms with Crippen LogP contribution in [0, 0.1) is 6.92 Å². The molecule has 0 radical (unpaired) electrons. The summed E-state index contributed by atoms with van der Waals surface area (Å²) in [6.07, 6.45) is 7.95. The molecule has 1 unspecified atom stereocenters. The van der Waals surface area contributed by atoms with Crippen molar-refractivity contribution in [3.63, 3.8) is 0 Å². The van der Waals surface area contributed by atoms with Crippen LogP contribution >= 0.6 is 0 Å². The van der Waals surface area contributed by atoms with E-state index < -0.39 is 0 Å². The molecule has 3 rings (SSSR count). The van der Waals surface area contributed by atoms with Gasteiger partial charge < -0.3 is 5.32 Å². The highest BCUT2D eigenvalue weighted by Gasteiger charge is 2.20. The Morgan fingerprint density at radius 3 is 2.90 bits per heavy atom. The van der Waals surface area contributed by atoms with Crippen molar-refractivity contribution in [2.24, 2.45) is 0 Å². The van der Waals surface area contributed by atoms with Crippen molar-refractivity contribution in [1.82, 2.24) is 24.9 Å². The molecule has 0 amide bonds. The van der Waals surface area contributed by atoms with E-state index in [0.29, 0.717) is 6.04 Å². The normalized spacial score (nSPS) is 16.3. The Morgan fingerprint density at radius 1 is 1.38 bits per heavy atom. The smallest absolute Gasteiger partial charge is 0.0850 e. The summed E-state index contributed by atoms with van der Waals surface area (Å²) in [5.74, 6) is 0. The summed E-state index contributed by atoms with van der Waals surface area (Å²) >= 11 is 0. The van der Waals surface area contributed by atoms with Gasteiger partial charge in [-0.15, -0.1) is 0 Å². The molecule has 0 aromatic carbocycles. The Labute approximate surface area is 126 Å². The number of hydrogen-bond acceptors (Lipinski definition) is 3. The topological polar surface area (TPSA) is 47.7 Å².